The lowest BCUT2D eigenvalue weighted by Crippen LogP contribution is -3.00. The van der Waals surface area contributed by atoms with E-state index in [9.17, 15) is 4.79 Å². The van der Waals surface area contributed by atoms with Gasteiger partial charge in [-0.25, -0.2) is 9.97 Å². The summed E-state index contributed by atoms with van der Waals surface area (Å²) in [6.07, 6.45) is 25.7. The van der Waals surface area contributed by atoms with Gasteiger partial charge in [-0.3, -0.25) is 4.79 Å². The number of hydrogen-bond acceptors (Lipinski definition) is 4. The zero-order valence-corrected chi connectivity index (χ0v) is 26.9. The van der Waals surface area contributed by atoms with E-state index >= 15 is 0 Å². The zero-order chi connectivity index (χ0) is 28.6. The molecular weight excluding hydrogens is 610 g/mol. The average Bonchev–Trinajstić information content (AvgIpc) is 3.76. The molecule has 2 heterocycles. The highest BCUT2D eigenvalue weighted by molar-refractivity contribution is 6.33. The van der Waals surface area contributed by atoms with Crippen molar-refractivity contribution >= 4 is 52.9 Å². The summed E-state index contributed by atoms with van der Waals surface area (Å²) in [5.74, 6) is -0.0478. The molecule has 2 unspecified atom stereocenters. The van der Waals surface area contributed by atoms with Gasteiger partial charge in [-0.05, 0) is 104 Å². The van der Waals surface area contributed by atoms with Crippen LogP contribution in [0.5, 0.6) is 0 Å². The molecule has 2 aromatic rings. The number of nitrogens with two attached hydrogens (primary N) is 1. The number of fused-ring (bicyclic) bond motifs is 2. The van der Waals surface area contributed by atoms with Crippen LogP contribution in [0.25, 0.3) is 12.2 Å². The minimum atomic E-state index is -0.0478. The summed E-state index contributed by atoms with van der Waals surface area (Å²) in [4.78, 5) is 20.9. The van der Waals surface area contributed by atoms with E-state index in [1.54, 1.807) is 0 Å². The molecule has 226 valence electrons. The Morgan fingerprint density at radius 3 is 1.86 bits per heavy atom. The predicted molar refractivity (Wildman–Crippen MR) is 168 cm³/mol. The number of nitrogens with zero attached hydrogens (tertiary/aromatic N) is 2. The largest absolute Gasteiger partial charge is 1.00 e. The highest BCUT2D eigenvalue weighted by Gasteiger charge is 2.49. The van der Waals surface area contributed by atoms with Crippen LogP contribution >= 0.6 is 34.8 Å². The Labute approximate surface area is 270 Å². The lowest BCUT2D eigenvalue weighted by atomic mass is 9.63. The van der Waals surface area contributed by atoms with Crippen molar-refractivity contribution in [2.75, 3.05) is 0 Å². The van der Waals surface area contributed by atoms with E-state index < -0.39 is 0 Å². The number of nitrogens with one attached hydrogen (secondary N) is 1. The summed E-state index contributed by atoms with van der Waals surface area (Å²) in [7, 11) is 0. The first-order valence-electron chi connectivity index (χ1n) is 15.2. The van der Waals surface area contributed by atoms with E-state index in [0.29, 0.717) is 44.1 Å². The van der Waals surface area contributed by atoms with Crippen molar-refractivity contribution < 1.29 is 17.2 Å². The third kappa shape index (κ3) is 6.28. The normalized spacial score (nSPS) is 24.4. The van der Waals surface area contributed by atoms with Crippen LogP contribution in [0.15, 0.2) is 24.3 Å². The van der Waals surface area contributed by atoms with Gasteiger partial charge in [-0.2, -0.15) is 0 Å². The fourth-order valence-corrected chi connectivity index (χ4v) is 8.57. The first kappa shape index (κ1) is 31.8. The molecule has 1 amide bonds. The third-order valence-corrected chi connectivity index (χ3v) is 11.3. The van der Waals surface area contributed by atoms with Crippen LogP contribution in [-0.4, -0.2) is 28.0 Å². The molecule has 6 aliphatic rings. The molecule has 0 aliphatic heterocycles. The average molecular weight is 650 g/mol. The number of allylic oxidation sites excluding steroid dienone is 2. The molecule has 3 N–H and O–H groups in total. The Bertz CT molecular complexity index is 1380. The summed E-state index contributed by atoms with van der Waals surface area (Å²) >= 11 is 17.6. The first-order chi connectivity index (χ1) is 19.8. The highest BCUT2D eigenvalue weighted by Crippen LogP contribution is 2.53. The molecule has 42 heavy (non-hydrogen) atoms. The maximum absolute atomic E-state index is 12.6. The molecule has 9 heteroatoms. The Morgan fingerprint density at radius 2 is 1.33 bits per heavy atom. The first-order valence-corrected chi connectivity index (χ1v) is 16.4. The van der Waals surface area contributed by atoms with Gasteiger partial charge < -0.3 is 23.5 Å². The van der Waals surface area contributed by atoms with Crippen LogP contribution in [0.3, 0.4) is 0 Å². The van der Waals surface area contributed by atoms with Gasteiger partial charge in [0.15, 0.2) is 0 Å². The second-order valence-electron chi connectivity index (χ2n) is 12.7. The molecule has 4 fully saturated rings. The number of halogens is 4. The summed E-state index contributed by atoms with van der Waals surface area (Å²) in [6, 6.07) is 4.56. The van der Waals surface area contributed by atoms with Crippen LogP contribution in [0.1, 0.15) is 110 Å². The molecule has 4 saturated carbocycles. The minimum absolute atomic E-state index is 0. The predicted octanol–water partition coefficient (Wildman–Crippen LogP) is 5.39. The second kappa shape index (κ2) is 13.2. The molecule has 0 saturated heterocycles. The maximum atomic E-state index is 12.6. The van der Waals surface area contributed by atoms with Gasteiger partial charge in [-0.1, -0.05) is 84.8 Å². The van der Waals surface area contributed by atoms with Crippen molar-refractivity contribution in [1.29, 1.82) is 0 Å². The smallest absolute Gasteiger partial charge is 0.270 e. The molecular formula is C33H39Cl4N4O-. The van der Waals surface area contributed by atoms with Crippen molar-refractivity contribution in [3.8, 4) is 0 Å². The summed E-state index contributed by atoms with van der Waals surface area (Å²) in [5, 5.41) is 4.62. The van der Waals surface area contributed by atoms with Gasteiger partial charge in [0.05, 0.1) is 0 Å². The van der Waals surface area contributed by atoms with Crippen molar-refractivity contribution in [1.82, 2.24) is 15.3 Å². The summed E-state index contributed by atoms with van der Waals surface area (Å²) in [6.45, 7) is 0. The van der Waals surface area contributed by atoms with E-state index in [0.717, 1.165) is 41.5 Å². The number of aromatic nitrogens is 2. The molecule has 6 aliphatic carbocycles. The summed E-state index contributed by atoms with van der Waals surface area (Å²) in [5.41, 5.74) is 11.7. The lowest BCUT2D eigenvalue weighted by molar-refractivity contribution is -0.0000172. The number of hydrogen-bond donors (Lipinski definition) is 2. The quantitative estimate of drug-likeness (QED) is 0.428. The van der Waals surface area contributed by atoms with E-state index in [-0.39, 0.29) is 18.3 Å². The Morgan fingerprint density at radius 1 is 0.786 bits per heavy atom. The third-order valence-electron chi connectivity index (χ3n) is 10.6. The van der Waals surface area contributed by atoms with Crippen molar-refractivity contribution in [2.24, 2.45) is 16.6 Å². The Hall–Kier alpha value is -1.63. The van der Waals surface area contributed by atoms with Crippen LogP contribution < -0.4 is 23.5 Å². The van der Waals surface area contributed by atoms with Crippen LogP contribution in [0.2, 0.25) is 15.5 Å². The van der Waals surface area contributed by atoms with Crippen LogP contribution in [0, 0.1) is 10.8 Å². The topological polar surface area (TPSA) is 80.9 Å². The molecule has 0 bridgehead atoms. The number of carbonyl (C=O) groups excluding carboxylic acids is 1. The van der Waals surface area contributed by atoms with Gasteiger partial charge in [0.1, 0.15) is 21.2 Å². The molecule has 2 spiro atoms. The Balaban J connectivity index is 0.000000141. The van der Waals surface area contributed by atoms with Crippen molar-refractivity contribution in [2.45, 2.75) is 102 Å². The molecule has 5 nitrogen and oxygen atoms in total. The van der Waals surface area contributed by atoms with Gasteiger partial charge in [0, 0.05) is 17.6 Å². The van der Waals surface area contributed by atoms with Gasteiger partial charge >= 0.3 is 0 Å². The van der Waals surface area contributed by atoms with Gasteiger partial charge in [-0.15, -0.1) is 0 Å². The van der Waals surface area contributed by atoms with Crippen LogP contribution in [0.4, 0.5) is 0 Å². The zero-order valence-electron chi connectivity index (χ0n) is 23.9. The summed E-state index contributed by atoms with van der Waals surface area (Å²) < 4.78 is 0. The number of rotatable bonds is 2. The van der Waals surface area contributed by atoms with E-state index in [1.165, 1.54) is 70.6 Å². The fraction of sp³-hybridized carbons (Fsp3) is 0.545. The lowest BCUT2D eigenvalue weighted by Gasteiger charge is -2.47. The fourth-order valence-electron chi connectivity index (χ4n) is 7.84. The number of carbonyl (C=O) groups is 1. The van der Waals surface area contributed by atoms with Gasteiger partial charge in [0.2, 0.25) is 0 Å². The minimum Gasteiger partial charge on any atom is -1.00 e. The van der Waals surface area contributed by atoms with Crippen LogP contribution in [-0.2, 0) is 12.8 Å². The van der Waals surface area contributed by atoms with Crippen molar-refractivity contribution in [3.63, 3.8) is 0 Å². The number of amides is 1. The van der Waals surface area contributed by atoms with E-state index in [4.69, 9.17) is 40.5 Å². The van der Waals surface area contributed by atoms with E-state index in [1.807, 2.05) is 24.3 Å². The molecule has 2 aromatic heterocycles. The standard InChI is InChI=1S/C17H19ClN2O.C8H5Cl2N.C8H15N.ClH/c18-14-10-11-4-3-5-12(11)15(20-14)16(21)19-13-6-9-17(13)7-1-2-8-17;9-7-4-5-2-1-3-6(5)8(10)11-7;9-7-3-6-8(7)4-1-2-5-8;/h3-4,10,13H,1-2,5-9H2,(H,19,21);1-2,4H,3H2;7H,1-6,9H2;1H/p-1. The molecule has 2 atom stereocenters. The maximum Gasteiger partial charge on any atom is 0.270 e. The Kier molecular flexibility index (Phi) is 9.96. The molecule has 0 radical (unpaired) electrons. The van der Waals surface area contributed by atoms with Gasteiger partial charge in [0.25, 0.3) is 5.91 Å². The van der Waals surface area contributed by atoms with Crippen molar-refractivity contribution in [3.05, 3.63) is 67.7 Å². The van der Waals surface area contributed by atoms with E-state index in [2.05, 4.69) is 27.4 Å². The second-order valence-corrected chi connectivity index (χ2v) is 13.9. The molecule has 8 rings (SSSR count). The molecule has 0 aromatic carbocycles. The highest BCUT2D eigenvalue weighted by atomic mass is 35.5. The SMILES string of the molecule is Clc1cc2c(c(Cl)n1)CC=C2.NC1CCC12CCCC2.O=C(NC1CCC12CCCC2)c1nc(Cl)cc2c1CC=C2.[Cl-]. The number of pyridine rings is 2. The monoisotopic (exact) mass is 647 g/mol.